The van der Waals surface area contributed by atoms with E-state index >= 15 is 0 Å². The number of hydrogen-bond acceptors (Lipinski definition) is 5. The number of ketones is 1. The third kappa shape index (κ3) is 3.29. The number of hydrogen-bond donors (Lipinski definition) is 1. The summed E-state index contributed by atoms with van der Waals surface area (Å²) in [6, 6.07) is 0. The predicted molar refractivity (Wildman–Crippen MR) is 59.7 cm³/mol. The van der Waals surface area contributed by atoms with Gasteiger partial charge in [-0.25, -0.2) is 4.79 Å². The average molecular weight is 372 g/mol. The Morgan fingerprint density at radius 1 is 1.09 bits per heavy atom. The van der Waals surface area contributed by atoms with Crippen molar-refractivity contribution in [1.82, 2.24) is 0 Å². The first-order chi connectivity index (χ1) is 10.2. The number of alkyl halides is 6. The van der Waals surface area contributed by atoms with Crippen molar-refractivity contribution in [3.05, 3.63) is 0 Å². The lowest BCUT2D eigenvalue weighted by atomic mass is 9.96. The fraction of sp³-hybridized carbons (Fsp3) is 0.800. The van der Waals surface area contributed by atoms with Crippen LogP contribution in [-0.4, -0.2) is 47.9 Å². The SMILES string of the molecule is O=C1CCCCC1OC(=O)C(C(F)(F)F)(C(F)(F)F)S(=O)(=O)O. The molecule has 0 bridgehead atoms. The normalized spacial score (nSPS) is 21.2. The highest BCUT2D eigenvalue weighted by molar-refractivity contribution is 7.88. The third-order valence-electron chi connectivity index (χ3n) is 3.22. The molecule has 0 aromatic carbocycles. The summed E-state index contributed by atoms with van der Waals surface area (Å²) in [6.07, 6.45) is -15.5. The highest BCUT2D eigenvalue weighted by Gasteiger charge is 2.85. The minimum absolute atomic E-state index is 0.181. The first-order valence-electron chi connectivity index (χ1n) is 6.00. The molecule has 0 spiro atoms. The smallest absolute Gasteiger partial charge is 0.430 e. The Morgan fingerprint density at radius 3 is 1.91 bits per heavy atom. The molecule has 0 aliphatic heterocycles. The van der Waals surface area contributed by atoms with Gasteiger partial charge in [-0.05, 0) is 19.3 Å². The molecule has 1 saturated carbocycles. The fourth-order valence-electron chi connectivity index (χ4n) is 2.08. The summed E-state index contributed by atoms with van der Waals surface area (Å²) in [7, 11) is -7.05. The zero-order chi connectivity index (χ0) is 18.3. The largest absolute Gasteiger partial charge is 0.453 e. The second-order valence-corrected chi connectivity index (χ2v) is 6.32. The van der Waals surface area contributed by atoms with Crippen molar-refractivity contribution in [3.63, 3.8) is 0 Å². The number of carbonyl (C=O) groups excluding carboxylic acids is 2. The molecule has 1 atom stereocenters. The molecule has 13 heteroatoms. The van der Waals surface area contributed by atoms with Crippen LogP contribution in [0.15, 0.2) is 0 Å². The zero-order valence-electron chi connectivity index (χ0n) is 11.1. The minimum Gasteiger partial charge on any atom is -0.453 e. The Balaban J connectivity index is 3.40. The van der Waals surface area contributed by atoms with E-state index in [4.69, 9.17) is 4.55 Å². The van der Waals surface area contributed by atoms with Crippen LogP contribution in [0.25, 0.3) is 0 Å². The van der Waals surface area contributed by atoms with Gasteiger partial charge in [0.15, 0.2) is 11.9 Å². The van der Waals surface area contributed by atoms with Crippen molar-refractivity contribution < 1.29 is 53.6 Å². The van der Waals surface area contributed by atoms with E-state index < -0.39 is 45.1 Å². The maximum atomic E-state index is 12.8. The van der Waals surface area contributed by atoms with Crippen molar-refractivity contribution in [2.75, 3.05) is 0 Å². The molecule has 1 unspecified atom stereocenters. The van der Waals surface area contributed by atoms with E-state index in [9.17, 15) is 44.3 Å². The van der Waals surface area contributed by atoms with Crippen LogP contribution in [0.5, 0.6) is 0 Å². The lowest BCUT2D eigenvalue weighted by molar-refractivity contribution is -0.270. The number of Topliss-reactive ketones (excluding diaryl/α,β-unsaturated/α-hetero) is 1. The summed E-state index contributed by atoms with van der Waals surface area (Å²) in [4.78, 5) is 22.8. The van der Waals surface area contributed by atoms with E-state index in [0.717, 1.165) is 0 Å². The van der Waals surface area contributed by atoms with E-state index in [2.05, 4.69) is 4.74 Å². The molecule has 6 nitrogen and oxygen atoms in total. The van der Waals surface area contributed by atoms with Crippen LogP contribution in [0.1, 0.15) is 25.7 Å². The third-order valence-corrected chi connectivity index (χ3v) is 4.62. The maximum absolute atomic E-state index is 12.8. The van der Waals surface area contributed by atoms with Gasteiger partial charge in [0.1, 0.15) is 0 Å². The summed E-state index contributed by atoms with van der Waals surface area (Å²) < 4.78 is 105. The molecule has 0 saturated heterocycles. The van der Waals surface area contributed by atoms with Gasteiger partial charge in [-0.2, -0.15) is 34.8 Å². The second-order valence-electron chi connectivity index (χ2n) is 4.76. The van der Waals surface area contributed by atoms with Crippen molar-refractivity contribution in [3.8, 4) is 0 Å². The predicted octanol–water partition coefficient (Wildman–Crippen LogP) is 1.79. The lowest BCUT2D eigenvalue weighted by Gasteiger charge is -2.33. The van der Waals surface area contributed by atoms with E-state index in [1.54, 1.807) is 0 Å². The monoisotopic (exact) mass is 372 g/mol. The minimum atomic E-state index is -7.05. The highest BCUT2D eigenvalue weighted by Crippen LogP contribution is 2.49. The zero-order valence-corrected chi connectivity index (χ0v) is 11.9. The van der Waals surface area contributed by atoms with Gasteiger partial charge < -0.3 is 4.74 Å². The Morgan fingerprint density at radius 2 is 1.57 bits per heavy atom. The van der Waals surface area contributed by atoms with Gasteiger partial charge in [0.05, 0.1) is 0 Å². The van der Waals surface area contributed by atoms with E-state index in [1.807, 2.05) is 0 Å². The van der Waals surface area contributed by atoms with Crippen LogP contribution >= 0.6 is 0 Å². The molecule has 1 aliphatic rings. The standard InChI is InChI=1S/C10H10F6O6S/c11-9(12,13)8(10(14,15)16,23(19,20)21)7(18)22-6-4-2-1-3-5(6)17/h6H,1-4H2,(H,19,20,21). The number of halogens is 6. The van der Waals surface area contributed by atoms with E-state index in [-0.39, 0.29) is 19.3 Å². The molecule has 0 amide bonds. The van der Waals surface area contributed by atoms with Gasteiger partial charge in [0.25, 0.3) is 0 Å². The van der Waals surface area contributed by atoms with Gasteiger partial charge in [0.2, 0.25) is 0 Å². The molecular formula is C10H10F6O6S. The van der Waals surface area contributed by atoms with Crippen LogP contribution in [0.3, 0.4) is 0 Å². The van der Waals surface area contributed by atoms with Crippen LogP contribution in [0.4, 0.5) is 26.3 Å². The van der Waals surface area contributed by atoms with Crippen LogP contribution in [0, 0.1) is 0 Å². The highest BCUT2D eigenvalue weighted by atomic mass is 32.2. The second kappa shape index (κ2) is 5.92. The van der Waals surface area contributed by atoms with Gasteiger partial charge in [0, 0.05) is 6.42 Å². The fourth-order valence-corrected chi connectivity index (χ4v) is 2.92. The van der Waals surface area contributed by atoms with Gasteiger partial charge in [-0.3, -0.25) is 9.35 Å². The summed E-state index contributed by atoms with van der Waals surface area (Å²) in [5.74, 6) is -4.24. The first kappa shape index (κ1) is 19.7. The molecule has 134 valence electrons. The molecule has 1 N–H and O–H groups in total. The first-order valence-corrected chi connectivity index (χ1v) is 7.44. The molecule has 1 rings (SSSR count). The molecular weight excluding hydrogens is 362 g/mol. The molecule has 23 heavy (non-hydrogen) atoms. The van der Waals surface area contributed by atoms with Crippen LogP contribution < -0.4 is 0 Å². The Bertz CT molecular complexity index is 578. The average Bonchev–Trinajstić information content (AvgIpc) is 2.26. The quantitative estimate of drug-likeness (QED) is 0.461. The van der Waals surface area contributed by atoms with Gasteiger partial charge >= 0.3 is 33.2 Å². The summed E-state index contributed by atoms with van der Waals surface area (Å²) in [6.45, 7) is 0. The molecule has 1 aliphatic carbocycles. The Hall–Kier alpha value is -1.37. The van der Waals surface area contributed by atoms with Crippen molar-refractivity contribution in [2.45, 2.75) is 48.9 Å². The Kier molecular flexibility index (Phi) is 5.07. The van der Waals surface area contributed by atoms with E-state index in [1.165, 1.54) is 0 Å². The van der Waals surface area contributed by atoms with Crippen molar-refractivity contribution >= 4 is 21.9 Å². The van der Waals surface area contributed by atoms with Crippen LogP contribution in [0.2, 0.25) is 0 Å². The van der Waals surface area contributed by atoms with Crippen LogP contribution in [-0.2, 0) is 24.4 Å². The number of rotatable bonds is 3. The topological polar surface area (TPSA) is 97.7 Å². The lowest BCUT2D eigenvalue weighted by Crippen LogP contribution is -2.68. The summed E-state index contributed by atoms with van der Waals surface area (Å²) >= 11 is 0. The molecule has 0 heterocycles. The number of carbonyl (C=O) groups is 2. The van der Waals surface area contributed by atoms with Crippen molar-refractivity contribution in [2.24, 2.45) is 0 Å². The molecule has 1 fully saturated rings. The summed E-state index contributed by atoms with van der Waals surface area (Å²) in [5.41, 5.74) is 0. The molecule has 0 aromatic heterocycles. The van der Waals surface area contributed by atoms with Gasteiger partial charge in [-0.1, -0.05) is 0 Å². The van der Waals surface area contributed by atoms with Crippen molar-refractivity contribution in [1.29, 1.82) is 0 Å². The molecule has 0 radical (unpaired) electrons. The van der Waals surface area contributed by atoms with E-state index in [0.29, 0.717) is 6.42 Å². The number of ether oxygens (including phenoxy) is 1. The number of esters is 1. The summed E-state index contributed by atoms with van der Waals surface area (Å²) in [5, 5.41) is 0. The van der Waals surface area contributed by atoms with Gasteiger partial charge in [-0.15, -0.1) is 0 Å². The Labute approximate surface area is 125 Å². The molecule has 0 aromatic rings. The maximum Gasteiger partial charge on any atom is 0.430 e.